The number of morpholine rings is 1. The first kappa shape index (κ1) is 22.9. The van der Waals surface area contributed by atoms with Crippen molar-refractivity contribution in [2.75, 3.05) is 59.2 Å². The van der Waals surface area contributed by atoms with Gasteiger partial charge in [-0.25, -0.2) is 0 Å². The smallest absolute Gasteiger partial charge is 0.191 e. The van der Waals surface area contributed by atoms with Gasteiger partial charge in [0.2, 0.25) is 0 Å². The number of hydrogen-bond acceptors (Lipinski definition) is 4. The molecule has 0 aromatic heterocycles. The number of hydrogen-bond donors (Lipinski definition) is 2. The molecule has 0 radical (unpaired) electrons. The van der Waals surface area contributed by atoms with Crippen LogP contribution in [0.3, 0.4) is 0 Å². The first-order valence-corrected chi connectivity index (χ1v) is 8.69. The van der Waals surface area contributed by atoms with E-state index in [1.165, 1.54) is 0 Å². The molecule has 1 rings (SSSR count). The fourth-order valence-corrected chi connectivity index (χ4v) is 2.38. The lowest BCUT2D eigenvalue weighted by molar-refractivity contribution is 0.0220. The summed E-state index contributed by atoms with van der Waals surface area (Å²) in [7, 11) is 0. The Hall–Kier alpha value is -0.120. The van der Waals surface area contributed by atoms with Crippen LogP contribution in [0.1, 0.15) is 33.6 Å². The molecular weight excluding hydrogens is 407 g/mol. The third kappa shape index (κ3) is 11.1. The summed E-state index contributed by atoms with van der Waals surface area (Å²) >= 11 is 0. The van der Waals surface area contributed by atoms with E-state index >= 15 is 0 Å². The normalized spacial score (nSPS) is 17.4. The summed E-state index contributed by atoms with van der Waals surface area (Å²) in [5, 5.41) is 6.70. The van der Waals surface area contributed by atoms with Gasteiger partial charge in [0.1, 0.15) is 0 Å². The quantitative estimate of drug-likeness (QED) is 0.234. The van der Waals surface area contributed by atoms with Gasteiger partial charge in [0.25, 0.3) is 0 Å². The Morgan fingerprint density at radius 3 is 2.61 bits per heavy atom. The average Bonchev–Trinajstić information content (AvgIpc) is 2.56. The summed E-state index contributed by atoms with van der Waals surface area (Å²) in [6.07, 6.45) is 2.19. The molecule has 138 valence electrons. The maximum atomic E-state index is 5.40. The van der Waals surface area contributed by atoms with E-state index < -0.39 is 0 Å². The van der Waals surface area contributed by atoms with Crippen LogP contribution in [-0.2, 0) is 9.47 Å². The summed E-state index contributed by atoms with van der Waals surface area (Å²) in [5.74, 6) is 0.916. The number of guanidine groups is 1. The second kappa shape index (κ2) is 15.4. The highest BCUT2D eigenvalue weighted by Crippen LogP contribution is 2.03. The number of aliphatic imine (C=N–C) groups is 1. The summed E-state index contributed by atoms with van der Waals surface area (Å²) in [6.45, 7) is 14.4. The van der Waals surface area contributed by atoms with E-state index in [0.29, 0.717) is 6.04 Å². The highest BCUT2D eigenvalue weighted by molar-refractivity contribution is 14.0. The van der Waals surface area contributed by atoms with Crippen LogP contribution in [0.2, 0.25) is 0 Å². The number of unbranched alkanes of at least 4 members (excludes halogenated alkanes) is 1. The first-order valence-electron chi connectivity index (χ1n) is 8.69. The molecule has 0 bridgehead atoms. The van der Waals surface area contributed by atoms with Crippen molar-refractivity contribution < 1.29 is 9.47 Å². The zero-order chi connectivity index (χ0) is 16.0. The average molecular weight is 442 g/mol. The lowest BCUT2D eigenvalue weighted by atomic mass is 10.2. The van der Waals surface area contributed by atoms with Gasteiger partial charge in [0.05, 0.1) is 19.8 Å². The Labute approximate surface area is 158 Å². The molecule has 1 atom stereocenters. The van der Waals surface area contributed by atoms with Crippen LogP contribution in [0.15, 0.2) is 4.99 Å². The fraction of sp³-hybridized carbons (Fsp3) is 0.938. The van der Waals surface area contributed by atoms with Crippen molar-refractivity contribution in [2.24, 2.45) is 4.99 Å². The van der Waals surface area contributed by atoms with Gasteiger partial charge in [-0.05, 0) is 33.6 Å². The number of nitrogens with zero attached hydrogens (tertiary/aromatic N) is 2. The van der Waals surface area contributed by atoms with E-state index in [1.807, 2.05) is 6.92 Å². The predicted molar refractivity (Wildman–Crippen MR) is 107 cm³/mol. The van der Waals surface area contributed by atoms with Crippen molar-refractivity contribution in [3.63, 3.8) is 0 Å². The van der Waals surface area contributed by atoms with Crippen LogP contribution in [0.25, 0.3) is 0 Å². The highest BCUT2D eigenvalue weighted by Gasteiger charge is 2.16. The van der Waals surface area contributed by atoms with Crippen LogP contribution in [0, 0.1) is 0 Å². The SMILES string of the molecule is CCNC(=NCC(C)N1CCOCC1)NCCCCOCC.I. The van der Waals surface area contributed by atoms with E-state index in [-0.39, 0.29) is 24.0 Å². The van der Waals surface area contributed by atoms with E-state index in [4.69, 9.17) is 14.5 Å². The molecule has 6 nitrogen and oxygen atoms in total. The monoisotopic (exact) mass is 442 g/mol. The number of rotatable bonds is 10. The molecule has 1 aliphatic rings. The van der Waals surface area contributed by atoms with Crippen LogP contribution in [-0.4, -0.2) is 76.1 Å². The molecule has 0 aromatic rings. The Morgan fingerprint density at radius 1 is 1.22 bits per heavy atom. The van der Waals surface area contributed by atoms with Gasteiger partial charge in [-0.2, -0.15) is 0 Å². The van der Waals surface area contributed by atoms with E-state index in [0.717, 1.165) is 78.0 Å². The molecule has 0 saturated carbocycles. The van der Waals surface area contributed by atoms with Gasteiger partial charge >= 0.3 is 0 Å². The lowest BCUT2D eigenvalue weighted by Crippen LogP contribution is -2.44. The standard InChI is InChI=1S/C16H34N4O2.HI/c1-4-17-16(18-8-6-7-11-21-5-2)19-14-15(3)20-9-12-22-13-10-20;/h15H,4-14H2,1-3H3,(H2,17,18,19);1H. The summed E-state index contributed by atoms with van der Waals surface area (Å²) < 4.78 is 10.7. The van der Waals surface area contributed by atoms with Gasteiger partial charge in [0.15, 0.2) is 5.96 Å². The molecule has 2 N–H and O–H groups in total. The van der Waals surface area contributed by atoms with Crippen molar-refractivity contribution in [3.05, 3.63) is 0 Å². The highest BCUT2D eigenvalue weighted by atomic mass is 127. The minimum absolute atomic E-state index is 0. The third-order valence-corrected chi connectivity index (χ3v) is 3.74. The zero-order valence-corrected chi connectivity index (χ0v) is 17.3. The largest absolute Gasteiger partial charge is 0.382 e. The molecule has 0 amide bonds. The predicted octanol–water partition coefficient (Wildman–Crippen LogP) is 1.70. The van der Waals surface area contributed by atoms with Gasteiger partial charge in [0, 0.05) is 45.4 Å². The maximum Gasteiger partial charge on any atom is 0.191 e. The van der Waals surface area contributed by atoms with Crippen molar-refractivity contribution in [1.82, 2.24) is 15.5 Å². The Morgan fingerprint density at radius 2 is 1.96 bits per heavy atom. The van der Waals surface area contributed by atoms with Crippen LogP contribution < -0.4 is 10.6 Å². The molecule has 1 aliphatic heterocycles. The molecule has 1 unspecified atom stereocenters. The van der Waals surface area contributed by atoms with E-state index in [1.54, 1.807) is 0 Å². The minimum atomic E-state index is 0. The molecule has 0 aromatic carbocycles. The molecular formula is C16H35IN4O2. The van der Waals surface area contributed by atoms with Crippen LogP contribution in [0.4, 0.5) is 0 Å². The molecule has 1 fully saturated rings. The van der Waals surface area contributed by atoms with Gasteiger partial charge in [-0.1, -0.05) is 0 Å². The molecule has 1 saturated heterocycles. The summed E-state index contributed by atoms with van der Waals surface area (Å²) in [5.41, 5.74) is 0. The van der Waals surface area contributed by atoms with Crippen molar-refractivity contribution in [3.8, 4) is 0 Å². The van der Waals surface area contributed by atoms with Crippen molar-refractivity contribution in [1.29, 1.82) is 0 Å². The fourth-order valence-electron chi connectivity index (χ4n) is 2.38. The Bertz CT molecular complexity index is 300. The third-order valence-electron chi connectivity index (χ3n) is 3.74. The van der Waals surface area contributed by atoms with Crippen LogP contribution >= 0.6 is 24.0 Å². The number of halogens is 1. The number of ether oxygens (including phenoxy) is 2. The van der Waals surface area contributed by atoms with Gasteiger partial charge in [-0.3, -0.25) is 9.89 Å². The van der Waals surface area contributed by atoms with Crippen molar-refractivity contribution in [2.45, 2.75) is 39.7 Å². The molecule has 7 heteroatoms. The van der Waals surface area contributed by atoms with Crippen molar-refractivity contribution >= 4 is 29.9 Å². The molecule has 1 heterocycles. The minimum Gasteiger partial charge on any atom is -0.382 e. The second-order valence-corrected chi connectivity index (χ2v) is 5.55. The molecule has 23 heavy (non-hydrogen) atoms. The van der Waals surface area contributed by atoms with Gasteiger partial charge < -0.3 is 20.1 Å². The summed E-state index contributed by atoms with van der Waals surface area (Å²) in [6, 6.07) is 0.456. The summed E-state index contributed by atoms with van der Waals surface area (Å²) in [4.78, 5) is 7.15. The Balaban J connectivity index is 0.00000484. The molecule has 0 spiro atoms. The molecule has 0 aliphatic carbocycles. The van der Waals surface area contributed by atoms with E-state index in [2.05, 4.69) is 29.4 Å². The lowest BCUT2D eigenvalue weighted by Gasteiger charge is -2.31. The van der Waals surface area contributed by atoms with Gasteiger partial charge in [-0.15, -0.1) is 24.0 Å². The first-order chi connectivity index (χ1) is 10.8. The number of nitrogens with one attached hydrogen (secondary N) is 2. The zero-order valence-electron chi connectivity index (χ0n) is 15.0. The van der Waals surface area contributed by atoms with Crippen LogP contribution in [0.5, 0.6) is 0 Å². The van der Waals surface area contributed by atoms with E-state index in [9.17, 15) is 0 Å². The second-order valence-electron chi connectivity index (χ2n) is 5.55. The maximum absolute atomic E-state index is 5.40. The Kier molecular flexibility index (Phi) is 15.3. The topological polar surface area (TPSA) is 58.1 Å².